The number of nitrogens with two attached hydrogens (primary N) is 1. The molecular weight excluding hydrogens is 247 g/mol. The Kier molecular flexibility index (Phi) is 4.01. The minimum Gasteiger partial charge on any atom is -0.469 e. The second-order valence-corrected chi connectivity index (χ2v) is 4.47. The Morgan fingerprint density at radius 2 is 1.72 bits per heavy atom. The number of hydrogen-bond acceptors (Lipinski definition) is 3. The summed E-state index contributed by atoms with van der Waals surface area (Å²) in [4.78, 5) is 11.5. The number of esters is 1. The van der Waals surface area contributed by atoms with Crippen LogP contribution in [0.5, 0.6) is 0 Å². The molecule has 0 radical (unpaired) electrons. The van der Waals surface area contributed by atoms with E-state index < -0.39 is 40.4 Å². The molecule has 18 heavy (non-hydrogen) atoms. The molecule has 6 heteroatoms. The summed E-state index contributed by atoms with van der Waals surface area (Å²) in [5.74, 6) is -4.01. The second-order valence-electron chi connectivity index (χ2n) is 4.47. The van der Waals surface area contributed by atoms with Gasteiger partial charge < -0.3 is 10.5 Å². The number of halogens is 3. The quantitative estimate of drug-likeness (QED) is 0.849. The maximum atomic E-state index is 13.5. The largest absolute Gasteiger partial charge is 0.469 e. The van der Waals surface area contributed by atoms with Gasteiger partial charge in [0.25, 0.3) is 0 Å². The van der Waals surface area contributed by atoms with E-state index in [-0.39, 0.29) is 0 Å². The average molecular weight is 261 g/mol. The van der Waals surface area contributed by atoms with E-state index in [0.29, 0.717) is 12.1 Å². The molecule has 0 amide bonds. The molecule has 2 N–H and O–H groups in total. The number of benzene rings is 1. The highest BCUT2D eigenvalue weighted by molar-refractivity contribution is 5.77. The van der Waals surface area contributed by atoms with Crippen molar-refractivity contribution in [3.63, 3.8) is 0 Å². The van der Waals surface area contributed by atoms with E-state index in [0.717, 1.165) is 7.11 Å². The average Bonchev–Trinajstić information content (AvgIpc) is 2.26. The molecule has 0 unspecified atom stereocenters. The van der Waals surface area contributed by atoms with Gasteiger partial charge in [-0.05, 0) is 13.8 Å². The zero-order chi connectivity index (χ0) is 14.1. The Morgan fingerprint density at radius 3 is 2.11 bits per heavy atom. The number of methoxy groups -OCH3 is 1. The van der Waals surface area contributed by atoms with E-state index in [4.69, 9.17) is 5.73 Å². The number of rotatable bonds is 3. The zero-order valence-corrected chi connectivity index (χ0v) is 10.3. The van der Waals surface area contributed by atoms with Crippen molar-refractivity contribution in [1.82, 2.24) is 0 Å². The number of ether oxygens (including phenoxy) is 1. The smallest absolute Gasteiger partial charge is 0.313 e. The SMILES string of the molecule is COC(=O)C(C)(C)[C@@H](N)c1c(F)cc(F)cc1F. The van der Waals surface area contributed by atoms with Crippen LogP contribution in [0.25, 0.3) is 0 Å². The van der Waals surface area contributed by atoms with Gasteiger partial charge in [-0.25, -0.2) is 13.2 Å². The fraction of sp³-hybridized carbons (Fsp3) is 0.417. The highest BCUT2D eigenvalue weighted by Gasteiger charge is 2.39. The van der Waals surface area contributed by atoms with Crippen LogP contribution in [0.1, 0.15) is 25.5 Å². The Morgan fingerprint density at radius 1 is 1.28 bits per heavy atom. The van der Waals surface area contributed by atoms with Crippen LogP contribution in [0.2, 0.25) is 0 Å². The van der Waals surface area contributed by atoms with Crippen LogP contribution >= 0.6 is 0 Å². The van der Waals surface area contributed by atoms with Crippen LogP contribution < -0.4 is 5.73 Å². The lowest BCUT2D eigenvalue weighted by atomic mass is 9.80. The molecule has 0 bridgehead atoms. The summed E-state index contributed by atoms with van der Waals surface area (Å²) in [6.07, 6.45) is 0. The minimum absolute atomic E-state index is 0.519. The van der Waals surface area contributed by atoms with Gasteiger partial charge in [0.2, 0.25) is 0 Å². The van der Waals surface area contributed by atoms with E-state index in [1.54, 1.807) is 0 Å². The van der Waals surface area contributed by atoms with Gasteiger partial charge in [-0.3, -0.25) is 4.79 Å². The fourth-order valence-corrected chi connectivity index (χ4v) is 1.60. The molecule has 0 saturated heterocycles. The van der Waals surface area contributed by atoms with Gasteiger partial charge in [0, 0.05) is 17.7 Å². The first-order chi connectivity index (χ1) is 8.21. The lowest BCUT2D eigenvalue weighted by Gasteiger charge is -2.29. The van der Waals surface area contributed by atoms with Crippen molar-refractivity contribution < 1.29 is 22.7 Å². The highest BCUT2D eigenvalue weighted by atomic mass is 19.1. The Bertz CT molecular complexity index is 451. The van der Waals surface area contributed by atoms with Gasteiger partial charge in [-0.2, -0.15) is 0 Å². The van der Waals surface area contributed by atoms with E-state index in [2.05, 4.69) is 4.74 Å². The molecule has 0 spiro atoms. The van der Waals surface area contributed by atoms with Gasteiger partial charge in [-0.1, -0.05) is 0 Å². The topological polar surface area (TPSA) is 52.3 Å². The monoisotopic (exact) mass is 261 g/mol. The first-order valence-corrected chi connectivity index (χ1v) is 5.20. The summed E-state index contributed by atoms with van der Waals surface area (Å²) in [5, 5.41) is 0. The summed E-state index contributed by atoms with van der Waals surface area (Å²) >= 11 is 0. The first kappa shape index (κ1) is 14.5. The zero-order valence-electron chi connectivity index (χ0n) is 10.3. The molecule has 0 aliphatic heterocycles. The molecule has 0 aliphatic carbocycles. The standard InChI is InChI=1S/C12H14F3NO2/c1-12(2,11(17)18-3)10(16)9-7(14)4-6(13)5-8(9)15/h4-5,10H,16H2,1-3H3/t10-/m0/s1. The van der Waals surface area contributed by atoms with Crippen LogP contribution in [-0.2, 0) is 9.53 Å². The van der Waals surface area contributed by atoms with Crippen molar-refractivity contribution in [3.05, 3.63) is 35.1 Å². The van der Waals surface area contributed by atoms with E-state index in [1.807, 2.05) is 0 Å². The van der Waals surface area contributed by atoms with E-state index in [9.17, 15) is 18.0 Å². The normalized spacial score (nSPS) is 13.3. The third kappa shape index (κ3) is 2.48. The molecule has 1 aromatic rings. The van der Waals surface area contributed by atoms with Crippen LogP contribution in [0.4, 0.5) is 13.2 Å². The van der Waals surface area contributed by atoms with Crippen molar-refractivity contribution in [2.24, 2.45) is 11.1 Å². The Hall–Kier alpha value is -1.56. The molecule has 0 heterocycles. The molecule has 3 nitrogen and oxygen atoms in total. The fourth-order valence-electron chi connectivity index (χ4n) is 1.60. The van der Waals surface area contributed by atoms with Crippen molar-refractivity contribution in [2.75, 3.05) is 7.11 Å². The van der Waals surface area contributed by atoms with Crippen LogP contribution in [0.15, 0.2) is 12.1 Å². The second kappa shape index (κ2) is 4.97. The summed E-state index contributed by atoms with van der Waals surface area (Å²) in [6.45, 7) is 2.79. The van der Waals surface area contributed by atoms with Crippen molar-refractivity contribution in [3.8, 4) is 0 Å². The molecule has 1 atom stereocenters. The lowest BCUT2D eigenvalue weighted by Crippen LogP contribution is -2.38. The van der Waals surface area contributed by atoms with Crippen LogP contribution in [0.3, 0.4) is 0 Å². The predicted molar refractivity (Wildman–Crippen MR) is 59.0 cm³/mol. The number of carbonyl (C=O) groups excluding carboxylic acids is 1. The molecule has 0 fully saturated rings. The van der Waals surface area contributed by atoms with Gasteiger partial charge >= 0.3 is 5.97 Å². The van der Waals surface area contributed by atoms with Gasteiger partial charge in [0.05, 0.1) is 18.6 Å². The van der Waals surface area contributed by atoms with Gasteiger partial charge in [-0.15, -0.1) is 0 Å². The molecule has 0 aromatic heterocycles. The molecule has 1 aromatic carbocycles. The van der Waals surface area contributed by atoms with Crippen LogP contribution in [0, 0.1) is 22.9 Å². The van der Waals surface area contributed by atoms with E-state index in [1.165, 1.54) is 13.8 Å². The maximum absolute atomic E-state index is 13.5. The van der Waals surface area contributed by atoms with Gasteiger partial charge in [0.15, 0.2) is 0 Å². The lowest BCUT2D eigenvalue weighted by molar-refractivity contribution is -0.152. The molecule has 100 valence electrons. The minimum atomic E-state index is -1.34. The third-order valence-corrected chi connectivity index (χ3v) is 2.84. The maximum Gasteiger partial charge on any atom is 0.313 e. The Balaban J connectivity index is 3.27. The molecular formula is C12H14F3NO2. The van der Waals surface area contributed by atoms with Crippen molar-refractivity contribution in [2.45, 2.75) is 19.9 Å². The summed E-state index contributed by atoms with van der Waals surface area (Å²) in [6, 6.07) is -0.248. The highest BCUT2D eigenvalue weighted by Crippen LogP contribution is 2.35. The predicted octanol–water partition coefficient (Wildman–Crippen LogP) is 2.30. The molecule has 0 aliphatic rings. The van der Waals surface area contributed by atoms with E-state index >= 15 is 0 Å². The Labute approximate surface area is 103 Å². The number of carbonyl (C=O) groups is 1. The van der Waals surface area contributed by atoms with Crippen molar-refractivity contribution in [1.29, 1.82) is 0 Å². The van der Waals surface area contributed by atoms with Crippen LogP contribution in [-0.4, -0.2) is 13.1 Å². The summed E-state index contributed by atoms with van der Waals surface area (Å²) in [7, 11) is 1.15. The number of hydrogen-bond donors (Lipinski definition) is 1. The summed E-state index contributed by atoms with van der Waals surface area (Å²) in [5.41, 5.74) is 3.82. The third-order valence-electron chi connectivity index (χ3n) is 2.84. The first-order valence-electron chi connectivity index (χ1n) is 5.20. The van der Waals surface area contributed by atoms with Crippen molar-refractivity contribution >= 4 is 5.97 Å². The summed E-state index contributed by atoms with van der Waals surface area (Å²) < 4.78 is 44.4. The molecule has 0 saturated carbocycles. The van der Waals surface area contributed by atoms with Gasteiger partial charge in [0.1, 0.15) is 17.5 Å². The molecule has 1 rings (SSSR count).